The van der Waals surface area contributed by atoms with Crippen LogP contribution in [0.3, 0.4) is 0 Å². The van der Waals surface area contributed by atoms with Gasteiger partial charge in [-0.05, 0) is 12.5 Å². The van der Waals surface area contributed by atoms with Crippen LogP contribution < -0.4 is 5.32 Å². The van der Waals surface area contributed by atoms with Crippen molar-refractivity contribution in [3.8, 4) is 0 Å². The molecule has 0 aromatic carbocycles. The smallest absolute Gasteiger partial charge is 0.267 e. The highest BCUT2D eigenvalue weighted by Crippen LogP contribution is 2.21. The first-order chi connectivity index (χ1) is 7.54. The van der Waals surface area contributed by atoms with Gasteiger partial charge < -0.3 is 15.4 Å². The van der Waals surface area contributed by atoms with E-state index in [-0.39, 0.29) is 17.6 Å². The van der Waals surface area contributed by atoms with Crippen LogP contribution in [0.5, 0.6) is 0 Å². The van der Waals surface area contributed by atoms with Crippen molar-refractivity contribution in [2.45, 2.75) is 25.9 Å². The second-order valence-electron chi connectivity index (χ2n) is 3.50. The number of hydrogen-bond acceptors (Lipinski definition) is 2. The zero-order valence-corrected chi connectivity index (χ0v) is 10.4. The van der Waals surface area contributed by atoms with E-state index in [2.05, 4.69) is 10.3 Å². The van der Waals surface area contributed by atoms with Gasteiger partial charge in [0.2, 0.25) is 0 Å². The first kappa shape index (κ1) is 13.4. The summed E-state index contributed by atoms with van der Waals surface area (Å²) in [6, 6.07) is 1.45. The minimum atomic E-state index is -0.519. The average Bonchev–Trinajstić information content (AvgIpc) is 2.56. The average molecular weight is 265 g/mol. The Balaban J connectivity index is 2.46. The Morgan fingerprint density at radius 2 is 2.31 bits per heavy atom. The van der Waals surface area contributed by atoms with Gasteiger partial charge in [-0.3, -0.25) is 4.79 Å². The van der Waals surface area contributed by atoms with E-state index in [9.17, 15) is 9.90 Å². The predicted octanol–water partition coefficient (Wildman–Crippen LogP) is 2.21. The Hall–Kier alpha value is -0.710. The molecule has 0 aliphatic carbocycles. The fraction of sp³-hybridized carbons (Fsp3) is 0.500. The van der Waals surface area contributed by atoms with Crippen molar-refractivity contribution < 1.29 is 9.90 Å². The molecule has 1 unspecified atom stereocenters. The van der Waals surface area contributed by atoms with E-state index in [1.807, 2.05) is 6.92 Å². The van der Waals surface area contributed by atoms with Gasteiger partial charge in [0.25, 0.3) is 5.91 Å². The molecule has 0 saturated carbocycles. The molecule has 3 N–H and O–H groups in total. The summed E-state index contributed by atoms with van der Waals surface area (Å²) >= 11 is 11.4. The van der Waals surface area contributed by atoms with Crippen molar-refractivity contribution in [3.63, 3.8) is 0 Å². The molecule has 4 nitrogen and oxygen atoms in total. The van der Waals surface area contributed by atoms with Gasteiger partial charge in [-0.15, -0.1) is 0 Å². The third-order valence-corrected chi connectivity index (χ3v) is 2.78. The molecule has 6 heteroatoms. The van der Waals surface area contributed by atoms with E-state index >= 15 is 0 Å². The van der Waals surface area contributed by atoms with Crippen molar-refractivity contribution in [3.05, 3.63) is 21.9 Å². The molecule has 0 radical (unpaired) electrons. The van der Waals surface area contributed by atoms with Gasteiger partial charge in [0, 0.05) is 6.54 Å². The first-order valence-electron chi connectivity index (χ1n) is 5.04. The van der Waals surface area contributed by atoms with Crippen molar-refractivity contribution in [2.75, 3.05) is 6.54 Å². The molecular formula is C10H14Cl2N2O2. The summed E-state index contributed by atoms with van der Waals surface area (Å²) in [7, 11) is 0. The number of nitrogens with one attached hydrogen (secondary N) is 2. The number of rotatable bonds is 5. The molecule has 1 aromatic heterocycles. The second kappa shape index (κ2) is 6.13. The maximum absolute atomic E-state index is 11.5. The van der Waals surface area contributed by atoms with E-state index in [1.54, 1.807) is 0 Å². The zero-order chi connectivity index (χ0) is 12.1. The molecule has 1 amide bonds. The van der Waals surface area contributed by atoms with E-state index in [0.717, 1.165) is 6.42 Å². The Morgan fingerprint density at radius 1 is 1.62 bits per heavy atom. The van der Waals surface area contributed by atoms with E-state index in [1.165, 1.54) is 6.07 Å². The van der Waals surface area contributed by atoms with Gasteiger partial charge in [-0.25, -0.2) is 0 Å². The number of hydrogen-bond donors (Lipinski definition) is 3. The van der Waals surface area contributed by atoms with Crippen LogP contribution in [0.15, 0.2) is 6.07 Å². The van der Waals surface area contributed by atoms with Crippen LogP contribution in [0.2, 0.25) is 10.2 Å². The third-order valence-electron chi connectivity index (χ3n) is 2.09. The molecule has 90 valence electrons. The Kier molecular flexibility index (Phi) is 5.12. The van der Waals surface area contributed by atoms with Crippen LogP contribution in [0, 0.1) is 0 Å². The molecule has 1 rings (SSSR count). The highest BCUT2D eigenvalue weighted by molar-refractivity contribution is 6.41. The summed E-state index contributed by atoms with van der Waals surface area (Å²) in [5.41, 5.74) is 0.290. The molecule has 0 saturated heterocycles. The number of carbonyl (C=O) groups is 1. The van der Waals surface area contributed by atoms with Crippen molar-refractivity contribution in [1.29, 1.82) is 0 Å². The summed E-state index contributed by atoms with van der Waals surface area (Å²) in [4.78, 5) is 14.2. The van der Waals surface area contributed by atoms with Crippen LogP contribution in [0.4, 0.5) is 0 Å². The highest BCUT2D eigenvalue weighted by Gasteiger charge is 2.12. The second-order valence-corrected chi connectivity index (χ2v) is 4.28. The minimum absolute atomic E-state index is 0.223. The van der Waals surface area contributed by atoms with Gasteiger partial charge in [0.1, 0.15) is 10.8 Å². The van der Waals surface area contributed by atoms with Gasteiger partial charge >= 0.3 is 0 Å². The number of aliphatic hydroxyl groups is 1. The molecule has 16 heavy (non-hydrogen) atoms. The lowest BCUT2D eigenvalue weighted by atomic mass is 10.2. The molecule has 0 fully saturated rings. The molecular weight excluding hydrogens is 251 g/mol. The lowest BCUT2D eigenvalue weighted by molar-refractivity contribution is 0.0906. The maximum atomic E-state index is 11.5. The first-order valence-corrected chi connectivity index (χ1v) is 5.80. The van der Waals surface area contributed by atoms with Gasteiger partial charge in [-0.2, -0.15) is 0 Å². The van der Waals surface area contributed by atoms with Crippen LogP contribution >= 0.6 is 23.2 Å². The Morgan fingerprint density at radius 3 is 2.81 bits per heavy atom. The summed E-state index contributed by atoms with van der Waals surface area (Å²) < 4.78 is 0. The van der Waals surface area contributed by atoms with Gasteiger partial charge in [-0.1, -0.05) is 36.5 Å². The number of aliphatic hydroxyl groups excluding tert-OH is 1. The maximum Gasteiger partial charge on any atom is 0.267 e. The van der Waals surface area contributed by atoms with E-state index in [4.69, 9.17) is 23.2 Å². The van der Waals surface area contributed by atoms with Crippen LogP contribution in [0.1, 0.15) is 30.3 Å². The number of halogens is 2. The number of aromatic amines is 1. The summed E-state index contributed by atoms with van der Waals surface area (Å²) in [5.74, 6) is -0.330. The topological polar surface area (TPSA) is 65.1 Å². The molecule has 1 heterocycles. The SMILES string of the molecule is CCCC(O)CNC(=O)c1cc(Cl)c(Cl)[nH]1. The normalized spacial score (nSPS) is 12.5. The van der Waals surface area contributed by atoms with Gasteiger partial charge in [0.05, 0.1) is 11.1 Å². The third kappa shape index (κ3) is 3.70. The fourth-order valence-electron chi connectivity index (χ4n) is 1.27. The summed E-state index contributed by atoms with van der Waals surface area (Å²) in [5, 5.41) is 12.6. The molecule has 1 aromatic rings. The molecule has 0 bridgehead atoms. The number of aromatic nitrogens is 1. The molecule has 0 aliphatic rings. The Labute approximate surface area is 104 Å². The van der Waals surface area contributed by atoms with E-state index < -0.39 is 6.10 Å². The summed E-state index contributed by atoms with van der Waals surface area (Å²) in [6.07, 6.45) is 1.01. The predicted molar refractivity (Wildman–Crippen MR) is 64.1 cm³/mol. The lowest BCUT2D eigenvalue weighted by Crippen LogP contribution is -2.32. The molecule has 1 atom stereocenters. The lowest BCUT2D eigenvalue weighted by Gasteiger charge is -2.09. The van der Waals surface area contributed by atoms with E-state index in [0.29, 0.717) is 17.1 Å². The van der Waals surface area contributed by atoms with Crippen molar-refractivity contribution in [1.82, 2.24) is 10.3 Å². The number of carbonyl (C=O) groups excluding carboxylic acids is 1. The van der Waals surface area contributed by atoms with Crippen molar-refractivity contribution >= 4 is 29.1 Å². The molecule has 0 aliphatic heterocycles. The minimum Gasteiger partial charge on any atom is -0.391 e. The monoisotopic (exact) mass is 264 g/mol. The van der Waals surface area contributed by atoms with Crippen LogP contribution in [-0.2, 0) is 0 Å². The quantitative estimate of drug-likeness (QED) is 0.764. The zero-order valence-electron chi connectivity index (χ0n) is 8.89. The Bertz CT molecular complexity index is 346. The standard InChI is InChI=1S/C10H14Cl2N2O2/c1-2-3-6(15)5-13-10(16)8-4-7(11)9(12)14-8/h4,6,14-15H,2-3,5H2,1H3,(H,13,16). The highest BCUT2D eigenvalue weighted by atomic mass is 35.5. The summed E-state index contributed by atoms with van der Waals surface area (Å²) in [6.45, 7) is 2.19. The van der Waals surface area contributed by atoms with Crippen molar-refractivity contribution in [2.24, 2.45) is 0 Å². The number of amides is 1. The van der Waals surface area contributed by atoms with Crippen LogP contribution in [0.25, 0.3) is 0 Å². The van der Waals surface area contributed by atoms with Crippen LogP contribution in [-0.4, -0.2) is 28.6 Å². The van der Waals surface area contributed by atoms with Gasteiger partial charge in [0.15, 0.2) is 0 Å². The molecule has 0 spiro atoms. The fourth-order valence-corrected chi connectivity index (χ4v) is 1.58. The number of H-pyrrole nitrogens is 1. The largest absolute Gasteiger partial charge is 0.391 e.